The molecule has 0 saturated heterocycles. The molecule has 0 spiro atoms. The molecule has 0 radical (unpaired) electrons. The highest BCUT2D eigenvalue weighted by molar-refractivity contribution is 7.09. The monoisotopic (exact) mass is 193 g/mol. The fourth-order valence-electron chi connectivity index (χ4n) is 1.36. The lowest BCUT2D eigenvalue weighted by molar-refractivity contribution is 0.222. The minimum atomic E-state index is -0.482. The van der Waals surface area contributed by atoms with Crippen molar-refractivity contribution in [3.63, 3.8) is 0 Å². The smallest absolute Gasteiger partial charge is 0.114 e. The lowest BCUT2D eigenvalue weighted by Gasteiger charge is -2.12. The number of aliphatic hydroxyl groups is 1. The second kappa shape index (κ2) is 3.85. The van der Waals surface area contributed by atoms with Crippen LogP contribution in [0.15, 0.2) is 35.5 Å². The van der Waals surface area contributed by atoms with Crippen LogP contribution < -0.4 is 0 Å². The summed E-state index contributed by atoms with van der Waals surface area (Å²) in [5.41, 5.74) is 2.74. The average Bonchev–Trinajstić information content (AvgIpc) is 2.71. The Labute approximate surface area is 81.3 Å². The van der Waals surface area contributed by atoms with E-state index in [2.05, 4.69) is 17.1 Å². The Morgan fingerprint density at radius 3 is 3.00 bits per heavy atom. The summed E-state index contributed by atoms with van der Waals surface area (Å²) in [4.78, 5) is 4.86. The van der Waals surface area contributed by atoms with Crippen molar-refractivity contribution in [2.45, 2.75) is 18.9 Å². The third-order valence-corrected chi connectivity index (χ3v) is 2.89. The van der Waals surface area contributed by atoms with Crippen LogP contribution in [0.25, 0.3) is 0 Å². The van der Waals surface area contributed by atoms with Crippen molar-refractivity contribution in [2.24, 2.45) is 0 Å². The van der Waals surface area contributed by atoms with Gasteiger partial charge >= 0.3 is 0 Å². The Morgan fingerprint density at radius 2 is 2.38 bits per heavy atom. The summed E-state index contributed by atoms with van der Waals surface area (Å²) in [7, 11) is 0. The number of nitrogens with zero attached hydrogens (tertiary/aromatic N) is 1. The number of allylic oxidation sites excluding steroid dienone is 2. The number of thiazole rings is 1. The zero-order valence-electron chi connectivity index (χ0n) is 7.18. The molecular weight excluding hydrogens is 182 g/mol. The van der Waals surface area contributed by atoms with Crippen LogP contribution >= 0.6 is 11.3 Å². The highest BCUT2D eigenvalue weighted by Gasteiger charge is 2.13. The van der Waals surface area contributed by atoms with Crippen LogP contribution in [0.1, 0.15) is 23.8 Å². The van der Waals surface area contributed by atoms with Gasteiger partial charge in [-0.05, 0) is 18.4 Å². The van der Waals surface area contributed by atoms with E-state index in [1.807, 2.05) is 6.08 Å². The molecule has 0 aliphatic heterocycles. The van der Waals surface area contributed by atoms with E-state index in [4.69, 9.17) is 0 Å². The molecule has 0 amide bonds. The maximum atomic E-state index is 9.89. The van der Waals surface area contributed by atoms with Gasteiger partial charge in [0.1, 0.15) is 6.10 Å². The van der Waals surface area contributed by atoms with Gasteiger partial charge in [0.2, 0.25) is 0 Å². The molecule has 1 atom stereocenters. The topological polar surface area (TPSA) is 33.1 Å². The van der Waals surface area contributed by atoms with Gasteiger partial charge in [0.05, 0.1) is 10.4 Å². The Hall–Kier alpha value is -0.930. The number of rotatable bonds is 2. The fourth-order valence-corrected chi connectivity index (χ4v) is 1.99. The first-order valence-corrected chi connectivity index (χ1v) is 5.19. The zero-order chi connectivity index (χ0) is 9.10. The third kappa shape index (κ3) is 1.87. The Bertz CT molecular complexity index is 327. The van der Waals surface area contributed by atoms with Crippen LogP contribution in [0, 0.1) is 0 Å². The van der Waals surface area contributed by atoms with Crippen molar-refractivity contribution in [3.05, 3.63) is 40.4 Å². The molecular formula is C10H11NOS. The van der Waals surface area contributed by atoms with Gasteiger partial charge in [-0.25, -0.2) is 0 Å². The molecule has 0 fully saturated rings. The van der Waals surface area contributed by atoms with E-state index >= 15 is 0 Å². The quantitative estimate of drug-likeness (QED) is 0.782. The molecule has 1 heterocycles. The zero-order valence-corrected chi connectivity index (χ0v) is 8.00. The van der Waals surface area contributed by atoms with E-state index < -0.39 is 6.10 Å². The molecule has 0 bridgehead atoms. The molecule has 1 N–H and O–H groups in total. The molecule has 2 nitrogen and oxygen atoms in total. The van der Waals surface area contributed by atoms with E-state index in [1.165, 1.54) is 11.3 Å². The Balaban J connectivity index is 2.17. The van der Waals surface area contributed by atoms with E-state index in [0.717, 1.165) is 23.3 Å². The first-order chi connectivity index (χ1) is 6.38. The minimum Gasteiger partial charge on any atom is -0.383 e. The summed E-state index contributed by atoms with van der Waals surface area (Å²) in [6.45, 7) is 0. The number of aromatic nitrogens is 1. The Kier molecular flexibility index (Phi) is 2.57. The molecule has 1 aliphatic carbocycles. The lowest BCUT2D eigenvalue weighted by Crippen LogP contribution is -1.99. The summed E-state index contributed by atoms with van der Waals surface area (Å²) in [5.74, 6) is 0. The van der Waals surface area contributed by atoms with Gasteiger partial charge in [-0.1, -0.05) is 18.2 Å². The Morgan fingerprint density at radius 1 is 1.46 bits per heavy atom. The van der Waals surface area contributed by atoms with Gasteiger partial charge in [0.15, 0.2) is 0 Å². The number of aliphatic hydroxyl groups excluding tert-OH is 1. The van der Waals surface area contributed by atoms with Gasteiger partial charge in [-0.15, -0.1) is 11.3 Å². The van der Waals surface area contributed by atoms with Crippen LogP contribution in [-0.2, 0) is 0 Å². The normalized spacial score (nSPS) is 18.4. The third-order valence-electron chi connectivity index (χ3n) is 2.06. The first kappa shape index (κ1) is 8.66. The van der Waals surface area contributed by atoms with Gasteiger partial charge in [0, 0.05) is 6.20 Å². The van der Waals surface area contributed by atoms with Crippen molar-refractivity contribution in [1.29, 1.82) is 0 Å². The summed E-state index contributed by atoms with van der Waals surface area (Å²) in [5, 5.41) is 9.89. The number of hydrogen-bond acceptors (Lipinski definition) is 3. The van der Waals surface area contributed by atoms with E-state index in [1.54, 1.807) is 11.7 Å². The second-order valence-corrected chi connectivity index (χ2v) is 3.91. The van der Waals surface area contributed by atoms with Crippen molar-refractivity contribution in [1.82, 2.24) is 4.98 Å². The SMILES string of the molecule is OC(C1=CCCC=C1)c1cncs1. The summed E-state index contributed by atoms with van der Waals surface area (Å²) in [6.07, 6.45) is 9.53. The molecule has 68 valence electrons. The maximum Gasteiger partial charge on any atom is 0.114 e. The van der Waals surface area contributed by atoms with Crippen molar-refractivity contribution >= 4 is 11.3 Å². The van der Waals surface area contributed by atoms with Gasteiger partial charge in [-0.2, -0.15) is 0 Å². The molecule has 3 heteroatoms. The molecule has 0 saturated carbocycles. The van der Waals surface area contributed by atoms with Crippen molar-refractivity contribution in [3.8, 4) is 0 Å². The average molecular weight is 193 g/mol. The van der Waals surface area contributed by atoms with E-state index in [0.29, 0.717) is 0 Å². The van der Waals surface area contributed by atoms with Gasteiger partial charge in [-0.3, -0.25) is 4.98 Å². The van der Waals surface area contributed by atoms with Crippen molar-refractivity contribution in [2.75, 3.05) is 0 Å². The fraction of sp³-hybridized carbons (Fsp3) is 0.300. The summed E-state index contributed by atoms with van der Waals surface area (Å²) >= 11 is 1.49. The molecule has 1 aromatic heterocycles. The van der Waals surface area contributed by atoms with Crippen LogP contribution in [0.2, 0.25) is 0 Å². The van der Waals surface area contributed by atoms with Gasteiger partial charge < -0.3 is 5.11 Å². The molecule has 1 aromatic rings. The predicted octanol–water partition coefficient (Wildman–Crippen LogP) is 2.45. The molecule has 13 heavy (non-hydrogen) atoms. The highest BCUT2D eigenvalue weighted by atomic mass is 32.1. The molecule has 1 aliphatic rings. The highest BCUT2D eigenvalue weighted by Crippen LogP contribution is 2.27. The van der Waals surface area contributed by atoms with Crippen molar-refractivity contribution < 1.29 is 5.11 Å². The van der Waals surface area contributed by atoms with E-state index in [-0.39, 0.29) is 0 Å². The largest absolute Gasteiger partial charge is 0.383 e. The summed E-state index contributed by atoms with van der Waals surface area (Å²) in [6, 6.07) is 0. The predicted molar refractivity (Wildman–Crippen MR) is 53.5 cm³/mol. The standard InChI is InChI=1S/C10H11NOS/c12-10(9-6-11-7-13-9)8-4-2-1-3-5-8/h2,4-7,10,12H,1,3H2. The van der Waals surface area contributed by atoms with Crippen LogP contribution in [-0.4, -0.2) is 10.1 Å². The summed E-state index contributed by atoms with van der Waals surface area (Å²) < 4.78 is 0. The molecule has 1 unspecified atom stereocenters. The van der Waals surface area contributed by atoms with E-state index in [9.17, 15) is 5.11 Å². The second-order valence-electron chi connectivity index (χ2n) is 2.99. The lowest BCUT2D eigenvalue weighted by atomic mass is 10.0. The first-order valence-electron chi connectivity index (χ1n) is 4.31. The molecule has 0 aromatic carbocycles. The van der Waals surface area contributed by atoms with Crippen LogP contribution in [0.4, 0.5) is 0 Å². The maximum absolute atomic E-state index is 9.89. The molecule has 2 rings (SSSR count). The van der Waals surface area contributed by atoms with Crippen LogP contribution in [0.3, 0.4) is 0 Å². The van der Waals surface area contributed by atoms with Gasteiger partial charge in [0.25, 0.3) is 0 Å². The minimum absolute atomic E-state index is 0.482. The van der Waals surface area contributed by atoms with Crippen LogP contribution in [0.5, 0.6) is 0 Å². The number of hydrogen-bond donors (Lipinski definition) is 1.